The van der Waals surface area contributed by atoms with E-state index in [1.807, 2.05) is 6.92 Å². The molecule has 1 atom stereocenters. The van der Waals surface area contributed by atoms with Crippen LogP contribution in [0.3, 0.4) is 0 Å². The number of aliphatic hydroxyl groups excluding tert-OH is 1. The van der Waals surface area contributed by atoms with Gasteiger partial charge in [0.25, 0.3) is 0 Å². The lowest BCUT2D eigenvalue weighted by Crippen LogP contribution is -2.38. The molecular weight excluding hydrogens is 228 g/mol. The molecule has 2 amide bonds. The molecule has 5 heteroatoms. The summed E-state index contributed by atoms with van der Waals surface area (Å²) in [5.41, 5.74) is 1.48. The number of anilines is 1. The molecule has 3 N–H and O–H groups in total. The second kappa shape index (κ2) is 5.72. The van der Waals surface area contributed by atoms with Gasteiger partial charge in [0.1, 0.15) is 0 Å². The second-order valence-corrected chi connectivity index (χ2v) is 4.00. The molecule has 1 unspecified atom stereocenters. The van der Waals surface area contributed by atoms with Crippen molar-refractivity contribution < 1.29 is 9.90 Å². The van der Waals surface area contributed by atoms with Gasteiger partial charge in [-0.25, -0.2) is 4.79 Å². The maximum Gasteiger partial charge on any atom is 0.319 e. The minimum absolute atomic E-state index is 0.0953. The highest BCUT2D eigenvalue weighted by Crippen LogP contribution is 2.22. The highest BCUT2D eigenvalue weighted by Gasteiger charge is 2.08. The Morgan fingerprint density at radius 2 is 2.25 bits per heavy atom. The van der Waals surface area contributed by atoms with Gasteiger partial charge in [0.2, 0.25) is 0 Å². The van der Waals surface area contributed by atoms with Crippen molar-refractivity contribution in [3.05, 3.63) is 28.8 Å². The van der Waals surface area contributed by atoms with Gasteiger partial charge in [-0.1, -0.05) is 17.7 Å². The van der Waals surface area contributed by atoms with Crippen molar-refractivity contribution in [2.75, 3.05) is 11.9 Å². The van der Waals surface area contributed by atoms with Gasteiger partial charge in [0.05, 0.1) is 12.6 Å². The number of amides is 2. The monoisotopic (exact) mass is 242 g/mol. The average molecular weight is 243 g/mol. The quantitative estimate of drug-likeness (QED) is 0.761. The maximum absolute atomic E-state index is 11.5. The van der Waals surface area contributed by atoms with Crippen LogP contribution in [0.5, 0.6) is 0 Å². The van der Waals surface area contributed by atoms with E-state index in [4.69, 9.17) is 16.7 Å². The van der Waals surface area contributed by atoms with Crippen LogP contribution in [0.4, 0.5) is 10.5 Å². The molecular formula is C11H15ClN2O2. The summed E-state index contributed by atoms with van der Waals surface area (Å²) >= 11 is 5.92. The maximum atomic E-state index is 11.5. The molecule has 0 aliphatic carbocycles. The summed E-state index contributed by atoms with van der Waals surface area (Å²) in [5.74, 6) is 0. The smallest absolute Gasteiger partial charge is 0.319 e. The predicted molar refractivity (Wildman–Crippen MR) is 64.9 cm³/mol. The number of aliphatic hydroxyl groups is 1. The number of nitrogens with one attached hydrogen (secondary N) is 2. The van der Waals surface area contributed by atoms with Crippen LogP contribution < -0.4 is 10.6 Å². The standard InChI is InChI=1S/C11H15ClN2O2/c1-7(6-15)13-11(16)14-10-5-3-4-9(12)8(10)2/h3-5,7,15H,6H2,1-2H3,(H2,13,14,16). The Morgan fingerprint density at radius 3 is 2.88 bits per heavy atom. The van der Waals surface area contributed by atoms with Crippen LogP contribution in [-0.4, -0.2) is 23.8 Å². The third-order valence-corrected chi connectivity index (χ3v) is 2.58. The third kappa shape index (κ3) is 3.40. The van der Waals surface area contributed by atoms with Gasteiger partial charge in [-0.2, -0.15) is 0 Å². The molecule has 88 valence electrons. The molecule has 0 saturated carbocycles. The Morgan fingerprint density at radius 1 is 1.56 bits per heavy atom. The Labute approximate surface area is 99.6 Å². The van der Waals surface area contributed by atoms with Gasteiger partial charge in [-0.3, -0.25) is 0 Å². The topological polar surface area (TPSA) is 61.4 Å². The van der Waals surface area contributed by atoms with Gasteiger partial charge in [-0.05, 0) is 31.5 Å². The summed E-state index contributed by atoms with van der Waals surface area (Å²) < 4.78 is 0. The van der Waals surface area contributed by atoms with E-state index in [2.05, 4.69) is 10.6 Å². The summed E-state index contributed by atoms with van der Waals surface area (Å²) in [5, 5.41) is 14.6. The number of rotatable bonds is 3. The van der Waals surface area contributed by atoms with Crippen molar-refractivity contribution in [1.82, 2.24) is 5.32 Å². The van der Waals surface area contributed by atoms with Crippen molar-refractivity contribution in [2.45, 2.75) is 19.9 Å². The van der Waals surface area contributed by atoms with Crippen molar-refractivity contribution in [1.29, 1.82) is 0 Å². The van der Waals surface area contributed by atoms with Gasteiger partial charge in [0, 0.05) is 10.7 Å². The van der Waals surface area contributed by atoms with Crippen LogP contribution in [0.15, 0.2) is 18.2 Å². The van der Waals surface area contributed by atoms with Gasteiger partial charge in [0.15, 0.2) is 0 Å². The largest absolute Gasteiger partial charge is 0.394 e. The number of halogens is 1. The first-order chi connectivity index (χ1) is 7.54. The van der Waals surface area contributed by atoms with E-state index < -0.39 is 0 Å². The van der Waals surface area contributed by atoms with E-state index in [9.17, 15) is 4.79 Å². The molecule has 0 bridgehead atoms. The fourth-order valence-corrected chi connectivity index (χ4v) is 1.35. The molecule has 0 fully saturated rings. The van der Waals surface area contributed by atoms with Crippen LogP contribution in [0.2, 0.25) is 5.02 Å². The van der Waals surface area contributed by atoms with E-state index >= 15 is 0 Å². The van der Waals surface area contributed by atoms with Gasteiger partial charge in [-0.15, -0.1) is 0 Å². The van der Waals surface area contributed by atoms with Gasteiger partial charge < -0.3 is 15.7 Å². The zero-order valence-electron chi connectivity index (χ0n) is 9.25. The first-order valence-corrected chi connectivity index (χ1v) is 5.36. The highest BCUT2D eigenvalue weighted by molar-refractivity contribution is 6.31. The molecule has 16 heavy (non-hydrogen) atoms. The normalized spacial score (nSPS) is 12.0. The Hall–Kier alpha value is -1.26. The van der Waals surface area contributed by atoms with Gasteiger partial charge >= 0.3 is 6.03 Å². The number of benzene rings is 1. The number of urea groups is 1. The molecule has 0 spiro atoms. The number of hydrogen-bond acceptors (Lipinski definition) is 2. The first-order valence-electron chi connectivity index (χ1n) is 4.98. The fraction of sp³-hybridized carbons (Fsp3) is 0.364. The zero-order chi connectivity index (χ0) is 12.1. The molecule has 1 aromatic rings. The van der Waals surface area contributed by atoms with Crippen molar-refractivity contribution >= 4 is 23.3 Å². The lowest BCUT2D eigenvalue weighted by molar-refractivity contribution is 0.229. The van der Waals surface area contributed by atoms with Crippen LogP contribution in [0.1, 0.15) is 12.5 Å². The van der Waals surface area contributed by atoms with Crippen molar-refractivity contribution in [3.8, 4) is 0 Å². The zero-order valence-corrected chi connectivity index (χ0v) is 10.0. The van der Waals surface area contributed by atoms with Crippen LogP contribution in [0, 0.1) is 6.92 Å². The van der Waals surface area contributed by atoms with Crippen LogP contribution in [0.25, 0.3) is 0 Å². The molecule has 4 nitrogen and oxygen atoms in total. The second-order valence-electron chi connectivity index (χ2n) is 3.59. The lowest BCUT2D eigenvalue weighted by atomic mass is 10.2. The van der Waals surface area contributed by atoms with E-state index in [1.54, 1.807) is 25.1 Å². The molecule has 0 aliphatic heterocycles. The fourth-order valence-electron chi connectivity index (χ4n) is 1.17. The molecule has 0 radical (unpaired) electrons. The van der Waals surface area contributed by atoms with E-state index in [0.29, 0.717) is 10.7 Å². The van der Waals surface area contributed by atoms with Crippen molar-refractivity contribution in [2.24, 2.45) is 0 Å². The third-order valence-electron chi connectivity index (χ3n) is 2.17. The molecule has 0 aliphatic rings. The average Bonchev–Trinajstić information content (AvgIpc) is 2.24. The predicted octanol–water partition coefficient (Wildman–Crippen LogP) is 2.15. The molecule has 0 heterocycles. The summed E-state index contributed by atoms with van der Waals surface area (Å²) in [6, 6.07) is 4.66. The summed E-state index contributed by atoms with van der Waals surface area (Å²) in [7, 11) is 0. The number of carbonyl (C=O) groups excluding carboxylic acids is 1. The summed E-state index contributed by atoms with van der Waals surface area (Å²) in [6.07, 6.45) is 0. The van der Waals surface area contributed by atoms with E-state index in [-0.39, 0.29) is 18.7 Å². The van der Waals surface area contributed by atoms with Crippen LogP contribution >= 0.6 is 11.6 Å². The molecule has 1 aromatic carbocycles. The van der Waals surface area contributed by atoms with Crippen LogP contribution in [-0.2, 0) is 0 Å². The Kier molecular flexibility index (Phi) is 4.58. The molecule has 0 aromatic heterocycles. The molecule has 1 rings (SSSR count). The van der Waals surface area contributed by atoms with E-state index in [0.717, 1.165) is 5.56 Å². The summed E-state index contributed by atoms with van der Waals surface area (Å²) in [6.45, 7) is 3.44. The Bertz CT molecular complexity index is 382. The Balaban J connectivity index is 2.66. The number of carbonyl (C=O) groups is 1. The number of hydrogen-bond donors (Lipinski definition) is 3. The highest BCUT2D eigenvalue weighted by atomic mass is 35.5. The van der Waals surface area contributed by atoms with Crippen molar-refractivity contribution in [3.63, 3.8) is 0 Å². The first kappa shape index (κ1) is 12.8. The molecule has 0 saturated heterocycles. The van der Waals surface area contributed by atoms with E-state index in [1.165, 1.54) is 0 Å². The SMILES string of the molecule is Cc1c(Cl)cccc1NC(=O)NC(C)CO. The minimum atomic E-state index is -0.355. The summed E-state index contributed by atoms with van der Waals surface area (Å²) in [4.78, 5) is 11.5. The minimum Gasteiger partial charge on any atom is -0.394 e. The lowest BCUT2D eigenvalue weighted by Gasteiger charge is -2.13.